The summed E-state index contributed by atoms with van der Waals surface area (Å²) in [7, 11) is 0. The Morgan fingerprint density at radius 3 is 2.57 bits per heavy atom. The summed E-state index contributed by atoms with van der Waals surface area (Å²) in [5.74, 6) is 0.795. The Balaban J connectivity index is 1.96. The lowest BCUT2D eigenvalue weighted by molar-refractivity contribution is 0.0240. The summed E-state index contributed by atoms with van der Waals surface area (Å²) < 4.78 is 5.38. The van der Waals surface area contributed by atoms with E-state index in [0.29, 0.717) is 26.2 Å². The second-order valence-corrected chi connectivity index (χ2v) is 6.10. The van der Waals surface area contributed by atoms with E-state index in [1.807, 2.05) is 32.9 Å². The van der Waals surface area contributed by atoms with Gasteiger partial charge in [0.1, 0.15) is 11.4 Å². The van der Waals surface area contributed by atoms with Gasteiger partial charge < -0.3 is 19.6 Å². The minimum absolute atomic E-state index is 0.0323. The zero-order chi connectivity index (χ0) is 15.5. The average molecular weight is 293 g/mol. The molecule has 6 nitrogen and oxygen atoms in total. The Hall–Kier alpha value is -1.82. The molecule has 1 aliphatic rings. The number of nitrogens with zero attached hydrogens (tertiary/aromatic N) is 3. The number of carbonyl (C=O) groups is 1. The molecule has 1 aromatic heterocycles. The maximum Gasteiger partial charge on any atom is 0.410 e. The lowest BCUT2D eigenvalue weighted by Crippen LogP contribution is -2.50. The van der Waals surface area contributed by atoms with Crippen molar-refractivity contribution in [3.05, 3.63) is 23.9 Å². The number of hydrogen-bond donors (Lipinski definition) is 1. The van der Waals surface area contributed by atoms with Crippen LogP contribution in [0.4, 0.5) is 10.6 Å². The SMILES string of the molecule is CC(C)(C)OC(=O)N1CCN(c2ncccc2CO)CC1. The second kappa shape index (κ2) is 6.30. The van der Waals surface area contributed by atoms with Crippen molar-refractivity contribution in [1.29, 1.82) is 0 Å². The summed E-state index contributed by atoms with van der Waals surface area (Å²) in [6.45, 7) is 8.11. The largest absolute Gasteiger partial charge is 0.444 e. The number of aliphatic hydroxyl groups is 1. The van der Waals surface area contributed by atoms with Crippen LogP contribution >= 0.6 is 0 Å². The number of anilines is 1. The van der Waals surface area contributed by atoms with Crippen LogP contribution in [0.2, 0.25) is 0 Å². The molecule has 0 saturated carbocycles. The summed E-state index contributed by atoms with van der Waals surface area (Å²) in [5, 5.41) is 9.37. The fraction of sp³-hybridized carbons (Fsp3) is 0.600. The topological polar surface area (TPSA) is 65.9 Å². The first kappa shape index (κ1) is 15.6. The molecule has 2 rings (SSSR count). The summed E-state index contributed by atoms with van der Waals surface area (Å²) in [4.78, 5) is 20.1. The van der Waals surface area contributed by atoms with Crippen LogP contribution in [-0.4, -0.2) is 52.9 Å². The number of pyridine rings is 1. The first-order chi connectivity index (χ1) is 9.90. The molecule has 1 aliphatic heterocycles. The first-order valence-corrected chi connectivity index (χ1v) is 7.18. The highest BCUT2D eigenvalue weighted by Gasteiger charge is 2.26. The molecule has 6 heteroatoms. The molecule has 0 aromatic carbocycles. The summed E-state index contributed by atoms with van der Waals surface area (Å²) in [5.41, 5.74) is 0.336. The van der Waals surface area contributed by atoms with Gasteiger partial charge in [0.05, 0.1) is 6.61 Å². The Bertz CT molecular complexity index is 491. The van der Waals surface area contributed by atoms with Crippen LogP contribution in [0.1, 0.15) is 26.3 Å². The third kappa shape index (κ3) is 4.07. The highest BCUT2D eigenvalue weighted by Crippen LogP contribution is 2.19. The number of piperazine rings is 1. The van der Waals surface area contributed by atoms with E-state index in [9.17, 15) is 9.90 Å². The quantitative estimate of drug-likeness (QED) is 0.898. The fourth-order valence-electron chi connectivity index (χ4n) is 2.27. The van der Waals surface area contributed by atoms with Crippen LogP contribution in [-0.2, 0) is 11.3 Å². The molecule has 0 radical (unpaired) electrons. The van der Waals surface area contributed by atoms with Crippen LogP contribution in [0.25, 0.3) is 0 Å². The van der Waals surface area contributed by atoms with Crippen LogP contribution in [0.3, 0.4) is 0 Å². The van der Waals surface area contributed by atoms with E-state index >= 15 is 0 Å². The van der Waals surface area contributed by atoms with Crippen molar-refractivity contribution >= 4 is 11.9 Å². The molecule has 2 heterocycles. The summed E-state index contributed by atoms with van der Waals surface area (Å²) in [6.07, 6.45) is 1.44. The van der Waals surface area contributed by atoms with Crippen molar-refractivity contribution in [1.82, 2.24) is 9.88 Å². The maximum absolute atomic E-state index is 12.0. The molecule has 1 N–H and O–H groups in total. The highest BCUT2D eigenvalue weighted by molar-refractivity contribution is 5.68. The van der Waals surface area contributed by atoms with E-state index in [1.165, 1.54) is 0 Å². The van der Waals surface area contributed by atoms with E-state index in [2.05, 4.69) is 9.88 Å². The number of amides is 1. The van der Waals surface area contributed by atoms with E-state index in [-0.39, 0.29) is 12.7 Å². The van der Waals surface area contributed by atoms with Gasteiger partial charge in [-0.1, -0.05) is 6.07 Å². The number of carbonyl (C=O) groups excluding carboxylic acids is 1. The molecule has 0 atom stereocenters. The van der Waals surface area contributed by atoms with E-state index in [4.69, 9.17) is 4.74 Å². The van der Waals surface area contributed by atoms with Crippen molar-refractivity contribution in [3.63, 3.8) is 0 Å². The molecule has 1 amide bonds. The normalized spacial score (nSPS) is 16.0. The molecule has 1 aromatic rings. The molecule has 0 spiro atoms. The third-order valence-corrected chi connectivity index (χ3v) is 3.27. The van der Waals surface area contributed by atoms with Gasteiger partial charge in [0.2, 0.25) is 0 Å². The van der Waals surface area contributed by atoms with Crippen LogP contribution in [0, 0.1) is 0 Å². The number of hydrogen-bond acceptors (Lipinski definition) is 5. The monoisotopic (exact) mass is 293 g/mol. The van der Waals surface area contributed by atoms with Crippen molar-refractivity contribution < 1.29 is 14.6 Å². The molecule has 21 heavy (non-hydrogen) atoms. The molecular weight excluding hydrogens is 270 g/mol. The van der Waals surface area contributed by atoms with Gasteiger partial charge in [0, 0.05) is 37.9 Å². The predicted octanol–water partition coefficient (Wildman–Crippen LogP) is 1.63. The Labute approximate surface area is 125 Å². The Morgan fingerprint density at radius 1 is 1.33 bits per heavy atom. The molecule has 0 bridgehead atoms. The molecular formula is C15H23N3O3. The van der Waals surface area contributed by atoms with Crippen molar-refractivity contribution in [2.24, 2.45) is 0 Å². The minimum Gasteiger partial charge on any atom is -0.444 e. The van der Waals surface area contributed by atoms with Gasteiger partial charge in [-0.15, -0.1) is 0 Å². The number of aromatic nitrogens is 1. The minimum atomic E-state index is -0.473. The van der Waals surface area contributed by atoms with Crippen molar-refractivity contribution in [2.75, 3.05) is 31.1 Å². The Kier molecular flexibility index (Phi) is 4.67. The van der Waals surface area contributed by atoms with E-state index in [1.54, 1.807) is 11.1 Å². The molecule has 1 fully saturated rings. The highest BCUT2D eigenvalue weighted by atomic mass is 16.6. The van der Waals surface area contributed by atoms with Crippen LogP contribution in [0.15, 0.2) is 18.3 Å². The van der Waals surface area contributed by atoms with Crippen LogP contribution < -0.4 is 4.90 Å². The van der Waals surface area contributed by atoms with Crippen molar-refractivity contribution in [2.45, 2.75) is 33.0 Å². The maximum atomic E-state index is 12.0. The fourth-order valence-corrected chi connectivity index (χ4v) is 2.27. The van der Waals surface area contributed by atoms with Gasteiger partial charge in [0.15, 0.2) is 0 Å². The Morgan fingerprint density at radius 2 is 2.00 bits per heavy atom. The zero-order valence-electron chi connectivity index (χ0n) is 12.9. The molecule has 116 valence electrons. The van der Waals surface area contributed by atoms with Gasteiger partial charge in [-0.2, -0.15) is 0 Å². The summed E-state index contributed by atoms with van der Waals surface area (Å²) in [6, 6.07) is 3.68. The molecule has 0 unspecified atom stereocenters. The smallest absolute Gasteiger partial charge is 0.410 e. The average Bonchev–Trinajstić information content (AvgIpc) is 2.45. The van der Waals surface area contributed by atoms with E-state index < -0.39 is 5.60 Å². The van der Waals surface area contributed by atoms with E-state index in [0.717, 1.165) is 11.4 Å². The lowest BCUT2D eigenvalue weighted by atomic mass is 10.2. The first-order valence-electron chi connectivity index (χ1n) is 7.18. The zero-order valence-corrected chi connectivity index (χ0v) is 12.9. The van der Waals surface area contributed by atoms with Gasteiger partial charge >= 0.3 is 6.09 Å². The van der Waals surface area contributed by atoms with Gasteiger partial charge in [-0.05, 0) is 26.8 Å². The number of aliphatic hydroxyl groups excluding tert-OH is 1. The van der Waals surface area contributed by atoms with Gasteiger partial charge in [-0.3, -0.25) is 0 Å². The summed E-state index contributed by atoms with van der Waals surface area (Å²) >= 11 is 0. The second-order valence-electron chi connectivity index (χ2n) is 6.10. The van der Waals surface area contributed by atoms with Gasteiger partial charge in [-0.25, -0.2) is 9.78 Å². The van der Waals surface area contributed by atoms with Crippen LogP contribution in [0.5, 0.6) is 0 Å². The standard InChI is InChI=1S/C15H23N3O3/c1-15(2,3)21-14(20)18-9-7-17(8-10-18)13-12(11-19)5-4-6-16-13/h4-6,19H,7-11H2,1-3H3. The number of rotatable bonds is 2. The predicted molar refractivity (Wildman–Crippen MR) is 80.2 cm³/mol. The van der Waals surface area contributed by atoms with Gasteiger partial charge in [0.25, 0.3) is 0 Å². The van der Waals surface area contributed by atoms with Crippen molar-refractivity contribution in [3.8, 4) is 0 Å². The number of ether oxygens (including phenoxy) is 1. The lowest BCUT2D eigenvalue weighted by Gasteiger charge is -2.36. The third-order valence-electron chi connectivity index (χ3n) is 3.27. The molecule has 1 saturated heterocycles. The molecule has 0 aliphatic carbocycles.